The van der Waals surface area contributed by atoms with Gasteiger partial charge in [-0.1, -0.05) is 11.3 Å². The van der Waals surface area contributed by atoms with E-state index in [4.69, 9.17) is 5.73 Å². The Morgan fingerprint density at radius 1 is 1.70 bits per heavy atom. The first-order valence-electron chi connectivity index (χ1n) is 2.55. The topological polar surface area (TPSA) is 63.8 Å². The lowest BCUT2D eigenvalue weighted by Crippen LogP contribution is -2.18. The van der Waals surface area contributed by atoms with Crippen molar-refractivity contribution in [2.75, 3.05) is 5.32 Å². The summed E-state index contributed by atoms with van der Waals surface area (Å²) in [6.07, 6.45) is 0. The maximum Gasteiger partial charge on any atom is 0.211 e. The van der Waals surface area contributed by atoms with Crippen LogP contribution in [0.15, 0.2) is 0 Å². The minimum atomic E-state index is 0.219. The van der Waals surface area contributed by atoms with E-state index in [1.54, 1.807) is 0 Å². The van der Waals surface area contributed by atoms with Gasteiger partial charge in [0.25, 0.3) is 0 Å². The van der Waals surface area contributed by atoms with Crippen molar-refractivity contribution < 1.29 is 0 Å². The second-order valence-electron chi connectivity index (χ2n) is 1.62. The maximum absolute atomic E-state index is 5.19. The molecule has 3 N–H and O–H groups in total. The number of nitrogens with one attached hydrogen (secondary N) is 1. The Balaban J connectivity index is 2.67. The number of anilines is 1. The van der Waals surface area contributed by atoms with Crippen LogP contribution in [0.1, 0.15) is 5.01 Å². The average Bonchev–Trinajstić information content (AvgIpc) is 2.13. The smallest absolute Gasteiger partial charge is 0.211 e. The van der Waals surface area contributed by atoms with E-state index in [1.165, 1.54) is 11.3 Å². The predicted octanol–water partition coefficient (Wildman–Crippen LogP) is 0.502. The van der Waals surface area contributed by atoms with Gasteiger partial charge in [0.15, 0.2) is 5.11 Å². The summed E-state index contributed by atoms with van der Waals surface area (Å²) in [4.78, 5) is 0. The molecule has 0 bridgehead atoms. The fraction of sp³-hybridized carbons (Fsp3) is 0.250. The summed E-state index contributed by atoms with van der Waals surface area (Å²) in [7, 11) is 0. The third-order valence-electron chi connectivity index (χ3n) is 0.756. The molecule has 1 aromatic heterocycles. The van der Waals surface area contributed by atoms with Crippen molar-refractivity contribution in [2.45, 2.75) is 6.92 Å². The Morgan fingerprint density at radius 2 is 2.40 bits per heavy atom. The summed E-state index contributed by atoms with van der Waals surface area (Å²) in [6, 6.07) is 0. The summed E-state index contributed by atoms with van der Waals surface area (Å²) in [5, 5.41) is 11.9. The van der Waals surface area contributed by atoms with Crippen molar-refractivity contribution in [3.8, 4) is 0 Å². The van der Waals surface area contributed by atoms with Gasteiger partial charge < -0.3 is 11.1 Å². The van der Waals surface area contributed by atoms with Gasteiger partial charge in [-0.15, -0.1) is 10.2 Å². The largest absolute Gasteiger partial charge is 0.376 e. The van der Waals surface area contributed by atoms with Gasteiger partial charge in [0.1, 0.15) is 5.01 Å². The van der Waals surface area contributed by atoms with E-state index in [0.29, 0.717) is 5.13 Å². The van der Waals surface area contributed by atoms with Crippen LogP contribution >= 0.6 is 23.6 Å². The third-order valence-corrected chi connectivity index (χ3v) is 1.61. The molecular formula is C4H6N4S2. The van der Waals surface area contributed by atoms with Crippen molar-refractivity contribution in [3.05, 3.63) is 5.01 Å². The standard InChI is InChI=1S/C4H6N4S2/c1-2-7-8-4(10-2)6-3(5)9/h1H3,(H3,5,6,8,9). The lowest BCUT2D eigenvalue weighted by Gasteiger charge is -1.93. The van der Waals surface area contributed by atoms with Crippen LogP contribution < -0.4 is 11.1 Å². The van der Waals surface area contributed by atoms with Gasteiger partial charge in [-0.3, -0.25) is 0 Å². The van der Waals surface area contributed by atoms with Gasteiger partial charge in [-0.25, -0.2) is 0 Å². The normalized spacial score (nSPS) is 9.30. The molecule has 0 aliphatic rings. The predicted molar refractivity (Wildman–Crippen MR) is 45.1 cm³/mol. The van der Waals surface area contributed by atoms with Gasteiger partial charge in [0, 0.05) is 0 Å². The molecule has 0 unspecified atom stereocenters. The first-order chi connectivity index (χ1) is 4.68. The first kappa shape index (κ1) is 7.36. The fourth-order valence-electron chi connectivity index (χ4n) is 0.452. The molecule has 0 aromatic carbocycles. The van der Waals surface area contributed by atoms with E-state index >= 15 is 0 Å². The van der Waals surface area contributed by atoms with Gasteiger partial charge in [0.05, 0.1) is 0 Å². The molecule has 0 atom stereocenters. The summed E-state index contributed by atoms with van der Waals surface area (Å²) < 4.78 is 0. The molecule has 0 aliphatic heterocycles. The second-order valence-corrected chi connectivity index (χ2v) is 3.24. The zero-order valence-electron chi connectivity index (χ0n) is 5.29. The van der Waals surface area contributed by atoms with Crippen molar-refractivity contribution in [1.29, 1.82) is 0 Å². The molecule has 10 heavy (non-hydrogen) atoms. The molecule has 0 fully saturated rings. The average molecular weight is 174 g/mol. The molecule has 0 spiro atoms. The number of nitrogens with two attached hydrogens (primary N) is 1. The van der Waals surface area contributed by atoms with E-state index in [0.717, 1.165) is 5.01 Å². The van der Waals surface area contributed by atoms with E-state index in [-0.39, 0.29) is 5.11 Å². The number of aryl methyl sites for hydroxylation is 1. The van der Waals surface area contributed by atoms with Crippen molar-refractivity contribution in [2.24, 2.45) is 5.73 Å². The van der Waals surface area contributed by atoms with Crippen molar-refractivity contribution in [1.82, 2.24) is 10.2 Å². The Labute approximate surface area is 67.5 Å². The maximum atomic E-state index is 5.19. The molecule has 0 saturated heterocycles. The fourth-order valence-corrected chi connectivity index (χ4v) is 1.22. The Hall–Kier alpha value is -0.750. The Bertz CT molecular complexity index is 243. The number of rotatable bonds is 1. The number of hydrogen-bond acceptors (Lipinski definition) is 4. The highest BCUT2D eigenvalue weighted by molar-refractivity contribution is 7.80. The van der Waals surface area contributed by atoms with E-state index in [2.05, 4.69) is 27.7 Å². The van der Waals surface area contributed by atoms with E-state index in [9.17, 15) is 0 Å². The van der Waals surface area contributed by atoms with E-state index < -0.39 is 0 Å². The molecule has 0 radical (unpaired) electrons. The summed E-state index contributed by atoms with van der Waals surface area (Å²) >= 11 is 6.01. The summed E-state index contributed by atoms with van der Waals surface area (Å²) in [5.41, 5.74) is 5.19. The van der Waals surface area contributed by atoms with E-state index in [1.807, 2.05) is 6.92 Å². The molecule has 0 aliphatic carbocycles. The van der Waals surface area contributed by atoms with Crippen LogP contribution in [0.3, 0.4) is 0 Å². The minimum Gasteiger partial charge on any atom is -0.376 e. The van der Waals surface area contributed by atoms with Crippen LogP contribution in [0.2, 0.25) is 0 Å². The quantitative estimate of drug-likeness (QED) is 0.607. The van der Waals surface area contributed by atoms with Crippen molar-refractivity contribution >= 4 is 33.8 Å². The van der Waals surface area contributed by atoms with Crippen LogP contribution in [0.5, 0.6) is 0 Å². The lowest BCUT2D eigenvalue weighted by molar-refractivity contribution is 1.05. The second kappa shape index (κ2) is 2.89. The number of nitrogens with zero attached hydrogens (tertiary/aromatic N) is 2. The van der Waals surface area contributed by atoms with Crippen LogP contribution in [-0.2, 0) is 0 Å². The highest BCUT2D eigenvalue weighted by Gasteiger charge is 1.98. The van der Waals surface area contributed by atoms with Gasteiger partial charge >= 0.3 is 0 Å². The molecule has 1 heterocycles. The molecule has 4 nitrogen and oxygen atoms in total. The number of aromatic nitrogens is 2. The Kier molecular flexibility index (Phi) is 2.13. The van der Waals surface area contributed by atoms with Crippen LogP contribution in [-0.4, -0.2) is 15.3 Å². The first-order valence-corrected chi connectivity index (χ1v) is 3.77. The van der Waals surface area contributed by atoms with Gasteiger partial charge in [-0.2, -0.15) is 0 Å². The van der Waals surface area contributed by atoms with Crippen LogP contribution in [0, 0.1) is 6.92 Å². The number of hydrogen-bond donors (Lipinski definition) is 2. The van der Waals surface area contributed by atoms with Crippen LogP contribution in [0.4, 0.5) is 5.13 Å². The van der Waals surface area contributed by atoms with Crippen LogP contribution in [0.25, 0.3) is 0 Å². The number of thiocarbonyl (C=S) groups is 1. The third kappa shape index (κ3) is 1.89. The summed E-state index contributed by atoms with van der Waals surface area (Å²) in [5.74, 6) is 0. The zero-order chi connectivity index (χ0) is 7.56. The lowest BCUT2D eigenvalue weighted by atomic mass is 10.9. The highest BCUT2D eigenvalue weighted by atomic mass is 32.1. The van der Waals surface area contributed by atoms with Gasteiger partial charge in [0.2, 0.25) is 5.13 Å². The monoisotopic (exact) mass is 174 g/mol. The molecule has 54 valence electrons. The molecule has 6 heteroatoms. The minimum absolute atomic E-state index is 0.219. The SMILES string of the molecule is Cc1nnc(NC(N)=S)s1. The molecule has 1 aromatic rings. The highest BCUT2D eigenvalue weighted by Crippen LogP contribution is 2.12. The Morgan fingerprint density at radius 3 is 2.80 bits per heavy atom. The molecule has 0 amide bonds. The zero-order valence-corrected chi connectivity index (χ0v) is 6.92. The van der Waals surface area contributed by atoms with Gasteiger partial charge in [-0.05, 0) is 19.1 Å². The summed E-state index contributed by atoms with van der Waals surface area (Å²) in [6.45, 7) is 1.86. The molecule has 0 saturated carbocycles. The van der Waals surface area contributed by atoms with Crippen molar-refractivity contribution in [3.63, 3.8) is 0 Å². The molecule has 1 rings (SSSR count). The molecular weight excluding hydrogens is 168 g/mol.